The second-order valence-electron chi connectivity index (χ2n) is 3.85. The first-order valence-electron chi connectivity index (χ1n) is 5.20. The minimum Gasteiger partial charge on any atom is -0.478 e. The SMILES string of the molecule is O=C(O)c1cccc2c(Cl)c([N+](=O)[O-])cc(C(=O)O)c12. The van der Waals surface area contributed by atoms with E-state index in [0.717, 1.165) is 6.07 Å². The first kappa shape index (κ1) is 13.8. The molecule has 0 spiro atoms. The van der Waals surface area contributed by atoms with Crippen molar-refractivity contribution >= 4 is 40.0 Å². The molecule has 2 aromatic carbocycles. The van der Waals surface area contributed by atoms with Crippen LogP contribution < -0.4 is 0 Å². The molecule has 2 aromatic rings. The van der Waals surface area contributed by atoms with E-state index >= 15 is 0 Å². The molecule has 0 aliphatic heterocycles. The number of benzene rings is 2. The van der Waals surface area contributed by atoms with Gasteiger partial charge in [-0.25, -0.2) is 9.59 Å². The molecule has 0 saturated heterocycles. The zero-order chi connectivity index (χ0) is 15.0. The average molecular weight is 296 g/mol. The molecular formula is C12H6ClNO6. The summed E-state index contributed by atoms with van der Waals surface area (Å²) in [4.78, 5) is 32.4. The predicted molar refractivity (Wildman–Crippen MR) is 69.5 cm³/mol. The molecule has 0 radical (unpaired) electrons. The summed E-state index contributed by atoms with van der Waals surface area (Å²) in [7, 11) is 0. The van der Waals surface area contributed by atoms with Crippen molar-refractivity contribution in [2.24, 2.45) is 0 Å². The number of carboxylic acids is 2. The lowest BCUT2D eigenvalue weighted by molar-refractivity contribution is -0.384. The number of hydrogen-bond acceptors (Lipinski definition) is 4. The Morgan fingerprint density at radius 3 is 2.25 bits per heavy atom. The quantitative estimate of drug-likeness (QED) is 0.664. The number of nitro groups is 1. The maximum atomic E-state index is 11.2. The van der Waals surface area contributed by atoms with Crippen LogP contribution in [-0.4, -0.2) is 27.1 Å². The van der Waals surface area contributed by atoms with Gasteiger partial charge in [0.2, 0.25) is 0 Å². The van der Waals surface area contributed by atoms with E-state index in [1.807, 2.05) is 0 Å². The van der Waals surface area contributed by atoms with Crippen molar-refractivity contribution in [3.63, 3.8) is 0 Å². The normalized spacial score (nSPS) is 10.4. The Labute approximate surface area is 116 Å². The summed E-state index contributed by atoms with van der Waals surface area (Å²) in [5.74, 6) is -2.81. The van der Waals surface area contributed by atoms with Crippen LogP contribution in [0.2, 0.25) is 5.02 Å². The van der Waals surface area contributed by atoms with E-state index in [9.17, 15) is 19.7 Å². The molecule has 0 aliphatic rings. The molecule has 0 aromatic heterocycles. The van der Waals surface area contributed by atoms with Crippen LogP contribution >= 0.6 is 11.6 Å². The van der Waals surface area contributed by atoms with Gasteiger partial charge in [0, 0.05) is 16.8 Å². The number of rotatable bonds is 3. The van der Waals surface area contributed by atoms with E-state index in [1.165, 1.54) is 18.2 Å². The number of fused-ring (bicyclic) bond motifs is 1. The summed E-state index contributed by atoms with van der Waals surface area (Å²) < 4.78 is 0. The Morgan fingerprint density at radius 1 is 1.15 bits per heavy atom. The molecule has 20 heavy (non-hydrogen) atoms. The summed E-state index contributed by atoms with van der Waals surface area (Å²) in [6.07, 6.45) is 0. The van der Waals surface area contributed by atoms with E-state index < -0.39 is 28.1 Å². The van der Waals surface area contributed by atoms with Crippen LogP contribution in [0.25, 0.3) is 10.8 Å². The Morgan fingerprint density at radius 2 is 1.75 bits per heavy atom. The van der Waals surface area contributed by atoms with Crippen molar-refractivity contribution < 1.29 is 24.7 Å². The van der Waals surface area contributed by atoms with Crippen LogP contribution in [-0.2, 0) is 0 Å². The molecule has 0 fully saturated rings. The van der Waals surface area contributed by atoms with Crippen molar-refractivity contribution in [3.8, 4) is 0 Å². The highest BCUT2D eigenvalue weighted by Crippen LogP contribution is 2.36. The average Bonchev–Trinajstić information content (AvgIpc) is 2.37. The molecule has 0 saturated carbocycles. The van der Waals surface area contributed by atoms with Gasteiger partial charge < -0.3 is 10.2 Å². The Hall–Kier alpha value is -2.67. The highest BCUT2D eigenvalue weighted by Gasteiger charge is 2.25. The van der Waals surface area contributed by atoms with Gasteiger partial charge in [0.05, 0.1) is 16.1 Å². The van der Waals surface area contributed by atoms with E-state index in [2.05, 4.69) is 0 Å². The molecule has 0 atom stereocenters. The number of halogens is 1. The molecule has 0 unspecified atom stereocenters. The fraction of sp³-hybridized carbons (Fsp3) is 0. The molecule has 8 heteroatoms. The molecule has 7 nitrogen and oxygen atoms in total. The van der Waals surface area contributed by atoms with Gasteiger partial charge in [-0.3, -0.25) is 10.1 Å². The van der Waals surface area contributed by atoms with Crippen molar-refractivity contribution in [1.82, 2.24) is 0 Å². The molecule has 0 amide bonds. The third kappa shape index (κ3) is 2.04. The standard InChI is InChI=1S/C12H6ClNO6/c13-10-5-2-1-3-6(11(15)16)9(5)7(12(17)18)4-8(10)14(19)20/h1-4H,(H,15,16)(H,17,18). The molecule has 2 rings (SSSR count). The number of nitrogens with zero attached hydrogens (tertiary/aromatic N) is 1. The van der Waals surface area contributed by atoms with E-state index in [0.29, 0.717) is 0 Å². The lowest BCUT2D eigenvalue weighted by atomic mass is 9.98. The second kappa shape index (κ2) is 4.78. The largest absolute Gasteiger partial charge is 0.478 e. The number of carboxylic acid groups (broad SMARTS) is 2. The minimum atomic E-state index is -1.47. The van der Waals surface area contributed by atoms with Crippen LogP contribution in [0.3, 0.4) is 0 Å². The number of aromatic carboxylic acids is 2. The Balaban J connectivity index is 3.06. The zero-order valence-corrected chi connectivity index (χ0v) is 10.4. The van der Waals surface area contributed by atoms with Crippen molar-refractivity contribution in [3.05, 3.63) is 50.5 Å². The first-order chi connectivity index (χ1) is 9.34. The predicted octanol–water partition coefficient (Wildman–Crippen LogP) is 2.80. The number of hydrogen-bond donors (Lipinski definition) is 2. The molecule has 102 valence electrons. The lowest BCUT2D eigenvalue weighted by Crippen LogP contribution is -2.06. The summed E-state index contributed by atoms with van der Waals surface area (Å²) in [5, 5.41) is 28.7. The summed E-state index contributed by atoms with van der Waals surface area (Å²) in [6.45, 7) is 0. The van der Waals surface area contributed by atoms with Gasteiger partial charge in [0.1, 0.15) is 5.02 Å². The summed E-state index contributed by atoms with van der Waals surface area (Å²) in [6, 6.07) is 4.65. The molecular weight excluding hydrogens is 290 g/mol. The van der Waals surface area contributed by atoms with Crippen molar-refractivity contribution in [2.75, 3.05) is 0 Å². The Kier molecular flexibility index (Phi) is 3.29. The fourth-order valence-electron chi connectivity index (χ4n) is 1.92. The molecule has 2 N–H and O–H groups in total. The minimum absolute atomic E-state index is 0.0122. The van der Waals surface area contributed by atoms with E-state index in [1.54, 1.807) is 0 Å². The van der Waals surface area contributed by atoms with Crippen LogP contribution in [0, 0.1) is 10.1 Å². The van der Waals surface area contributed by atoms with Gasteiger partial charge in [-0.2, -0.15) is 0 Å². The van der Waals surface area contributed by atoms with Gasteiger partial charge in [-0.15, -0.1) is 0 Å². The van der Waals surface area contributed by atoms with Gasteiger partial charge >= 0.3 is 11.9 Å². The Bertz CT molecular complexity index is 770. The number of carbonyl (C=O) groups is 2. The van der Waals surface area contributed by atoms with Gasteiger partial charge in [0.25, 0.3) is 5.69 Å². The van der Waals surface area contributed by atoms with Gasteiger partial charge in [0.15, 0.2) is 0 Å². The van der Waals surface area contributed by atoms with Crippen LogP contribution in [0.1, 0.15) is 20.7 Å². The summed E-state index contributed by atoms with van der Waals surface area (Å²) >= 11 is 5.86. The summed E-state index contributed by atoms with van der Waals surface area (Å²) in [5.41, 5.74) is -1.34. The monoisotopic (exact) mass is 295 g/mol. The van der Waals surface area contributed by atoms with Crippen molar-refractivity contribution in [1.29, 1.82) is 0 Å². The highest BCUT2D eigenvalue weighted by atomic mass is 35.5. The van der Waals surface area contributed by atoms with Crippen LogP contribution in [0.15, 0.2) is 24.3 Å². The van der Waals surface area contributed by atoms with Crippen molar-refractivity contribution in [2.45, 2.75) is 0 Å². The van der Waals surface area contributed by atoms with Crippen LogP contribution in [0.4, 0.5) is 5.69 Å². The second-order valence-corrected chi connectivity index (χ2v) is 4.23. The lowest BCUT2D eigenvalue weighted by Gasteiger charge is -2.08. The molecule has 0 bridgehead atoms. The van der Waals surface area contributed by atoms with E-state index in [-0.39, 0.29) is 21.4 Å². The van der Waals surface area contributed by atoms with Crippen LogP contribution in [0.5, 0.6) is 0 Å². The fourth-order valence-corrected chi connectivity index (χ4v) is 2.20. The topological polar surface area (TPSA) is 118 Å². The highest BCUT2D eigenvalue weighted by molar-refractivity contribution is 6.39. The maximum Gasteiger partial charge on any atom is 0.336 e. The van der Waals surface area contributed by atoms with E-state index in [4.69, 9.17) is 21.8 Å². The van der Waals surface area contributed by atoms with Gasteiger partial charge in [-0.05, 0) is 6.07 Å². The molecule has 0 heterocycles. The smallest absolute Gasteiger partial charge is 0.336 e. The maximum absolute atomic E-state index is 11.2. The van der Waals surface area contributed by atoms with Gasteiger partial charge in [-0.1, -0.05) is 23.7 Å². The third-order valence-corrected chi connectivity index (χ3v) is 3.13. The first-order valence-corrected chi connectivity index (χ1v) is 5.58. The molecule has 0 aliphatic carbocycles. The number of nitro benzene ring substituents is 1. The zero-order valence-electron chi connectivity index (χ0n) is 9.66. The third-order valence-electron chi connectivity index (χ3n) is 2.73.